The SMILES string of the molecule is C=CCCC(O)CN(CC=C)Cc1cccn1Cc1ccc(C(C)(C)C)cc1. The largest absolute Gasteiger partial charge is 0.392 e. The first-order valence-corrected chi connectivity index (χ1v) is 10.2. The second-order valence-electron chi connectivity index (χ2n) is 8.58. The molecule has 28 heavy (non-hydrogen) atoms. The van der Waals surface area contributed by atoms with E-state index in [1.807, 2.05) is 12.2 Å². The van der Waals surface area contributed by atoms with E-state index >= 15 is 0 Å². The van der Waals surface area contributed by atoms with Gasteiger partial charge in [0.2, 0.25) is 0 Å². The van der Waals surface area contributed by atoms with Crippen LogP contribution in [0.1, 0.15) is 50.4 Å². The maximum Gasteiger partial charge on any atom is 0.0670 e. The molecule has 1 atom stereocenters. The van der Waals surface area contributed by atoms with Crippen molar-refractivity contribution in [2.24, 2.45) is 0 Å². The van der Waals surface area contributed by atoms with Gasteiger partial charge >= 0.3 is 0 Å². The topological polar surface area (TPSA) is 28.4 Å². The number of hydrogen-bond acceptors (Lipinski definition) is 2. The standard InChI is InChI=1S/C25H36N2O/c1-6-8-11-24(28)20-26(16-7-2)19-23-10-9-17-27(23)18-21-12-14-22(15-13-21)25(3,4)5/h6-7,9-10,12-15,17,24,28H,1-2,8,11,16,18-20H2,3-5H3. The Bertz CT molecular complexity index is 737. The van der Waals surface area contributed by atoms with Gasteiger partial charge in [-0.15, -0.1) is 13.2 Å². The minimum atomic E-state index is -0.341. The van der Waals surface area contributed by atoms with Crippen LogP contribution in [0.4, 0.5) is 0 Å². The highest BCUT2D eigenvalue weighted by Crippen LogP contribution is 2.22. The molecule has 1 heterocycles. The Balaban J connectivity index is 2.04. The van der Waals surface area contributed by atoms with Crippen LogP contribution in [0.2, 0.25) is 0 Å². The van der Waals surface area contributed by atoms with Gasteiger partial charge in [-0.3, -0.25) is 4.90 Å². The number of aliphatic hydroxyl groups excluding tert-OH is 1. The van der Waals surface area contributed by atoms with E-state index in [-0.39, 0.29) is 11.5 Å². The van der Waals surface area contributed by atoms with Gasteiger partial charge in [-0.25, -0.2) is 0 Å². The first kappa shape index (κ1) is 22.2. The molecule has 1 N–H and O–H groups in total. The molecule has 2 aromatic rings. The highest BCUT2D eigenvalue weighted by atomic mass is 16.3. The Morgan fingerprint density at radius 2 is 1.82 bits per heavy atom. The summed E-state index contributed by atoms with van der Waals surface area (Å²) in [6.07, 6.45) is 7.14. The van der Waals surface area contributed by atoms with Crippen LogP contribution in [0, 0.1) is 0 Å². The van der Waals surface area contributed by atoms with Gasteiger partial charge in [0.25, 0.3) is 0 Å². The molecule has 0 aliphatic rings. The molecule has 1 unspecified atom stereocenters. The van der Waals surface area contributed by atoms with E-state index in [4.69, 9.17) is 0 Å². The normalized spacial score (nSPS) is 12.9. The molecule has 0 bridgehead atoms. The van der Waals surface area contributed by atoms with Gasteiger partial charge in [0, 0.05) is 38.1 Å². The fourth-order valence-electron chi connectivity index (χ4n) is 3.37. The average Bonchev–Trinajstić information content (AvgIpc) is 3.06. The van der Waals surface area contributed by atoms with Crippen molar-refractivity contribution in [3.8, 4) is 0 Å². The molecule has 1 aromatic carbocycles. The van der Waals surface area contributed by atoms with Gasteiger partial charge in [-0.2, -0.15) is 0 Å². The van der Waals surface area contributed by atoms with E-state index in [2.05, 4.69) is 86.0 Å². The van der Waals surface area contributed by atoms with Crippen molar-refractivity contribution in [2.75, 3.05) is 13.1 Å². The molecule has 0 aliphatic heterocycles. The van der Waals surface area contributed by atoms with Gasteiger partial charge in [0.1, 0.15) is 0 Å². The Morgan fingerprint density at radius 1 is 1.11 bits per heavy atom. The Kier molecular flexibility index (Phi) is 8.28. The maximum atomic E-state index is 10.3. The third kappa shape index (κ3) is 6.81. The summed E-state index contributed by atoms with van der Waals surface area (Å²) in [5.74, 6) is 0. The van der Waals surface area contributed by atoms with Crippen molar-refractivity contribution >= 4 is 0 Å². The number of aromatic nitrogens is 1. The quantitative estimate of drug-likeness (QED) is 0.546. The summed E-state index contributed by atoms with van der Waals surface area (Å²) in [4.78, 5) is 2.25. The molecule has 2 rings (SSSR count). The van der Waals surface area contributed by atoms with Gasteiger partial charge < -0.3 is 9.67 Å². The van der Waals surface area contributed by atoms with Gasteiger partial charge in [-0.05, 0) is 41.5 Å². The summed E-state index contributed by atoms with van der Waals surface area (Å²) in [5.41, 5.74) is 4.08. The molecule has 0 amide bonds. The second kappa shape index (κ2) is 10.4. The molecule has 0 saturated heterocycles. The average molecular weight is 381 g/mol. The lowest BCUT2D eigenvalue weighted by atomic mass is 9.87. The summed E-state index contributed by atoms with van der Waals surface area (Å²) in [7, 11) is 0. The monoisotopic (exact) mass is 380 g/mol. The van der Waals surface area contributed by atoms with E-state index in [0.29, 0.717) is 6.54 Å². The molecule has 0 radical (unpaired) electrons. The van der Waals surface area contributed by atoms with Gasteiger partial charge in [-0.1, -0.05) is 57.2 Å². The summed E-state index contributed by atoms with van der Waals surface area (Å²) >= 11 is 0. The molecule has 1 aromatic heterocycles. The minimum absolute atomic E-state index is 0.175. The predicted octanol–water partition coefficient (Wildman–Crippen LogP) is 5.15. The molecule has 152 valence electrons. The van der Waals surface area contributed by atoms with Crippen molar-refractivity contribution in [1.29, 1.82) is 0 Å². The molecule has 3 heteroatoms. The van der Waals surface area contributed by atoms with Gasteiger partial charge in [0.05, 0.1) is 6.10 Å². The summed E-state index contributed by atoms with van der Waals surface area (Å²) in [5, 5.41) is 10.3. The molecule has 3 nitrogen and oxygen atoms in total. The van der Waals surface area contributed by atoms with Crippen molar-refractivity contribution in [3.05, 3.63) is 84.7 Å². The van der Waals surface area contributed by atoms with Crippen LogP contribution in [-0.4, -0.2) is 33.8 Å². The summed E-state index contributed by atoms with van der Waals surface area (Å²) < 4.78 is 2.29. The lowest BCUT2D eigenvalue weighted by Crippen LogP contribution is -2.33. The number of nitrogens with zero attached hydrogens (tertiary/aromatic N) is 2. The number of benzene rings is 1. The number of hydrogen-bond donors (Lipinski definition) is 1. The summed E-state index contributed by atoms with van der Waals surface area (Å²) in [6, 6.07) is 13.2. The number of rotatable bonds is 11. The number of allylic oxidation sites excluding steroid dienone is 1. The van der Waals surface area contributed by atoms with E-state index in [9.17, 15) is 5.11 Å². The highest BCUT2D eigenvalue weighted by molar-refractivity contribution is 5.28. The van der Waals surface area contributed by atoms with Crippen LogP contribution in [0.5, 0.6) is 0 Å². The van der Waals surface area contributed by atoms with Crippen molar-refractivity contribution in [1.82, 2.24) is 9.47 Å². The zero-order valence-corrected chi connectivity index (χ0v) is 17.8. The van der Waals surface area contributed by atoms with Crippen LogP contribution in [-0.2, 0) is 18.5 Å². The summed E-state index contributed by atoms with van der Waals surface area (Å²) in [6.45, 7) is 17.4. The van der Waals surface area contributed by atoms with Gasteiger partial charge in [0.15, 0.2) is 0 Å². The van der Waals surface area contributed by atoms with E-state index in [0.717, 1.165) is 32.5 Å². The maximum absolute atomic E-state index is 10.3. The van der Waals surface area contributed by atoms with Crippen LogP contribution < -0.4 is 0 Å². The Labute approximate surface area is 171 Å². The minimum Gasteiger partial charge on any atom is -0.392 e. The van der Waals surface area contributed by atoms with Crippen LogP contribution in [0.25, 0.3) is 0 Å². The highest BCUT2D eigenvalue weighted by Gasteiger charge is 2.14. The lowest BCUT2D eigenvalue weighted by Gasteiger charge is -2.24. The molecule has 0 fully saturated rings. The van der Waals surface area contributed by atoms with Crippen molar-refractivity contribution in [3.63, 3.8) is 0 Å². The molecule has 0 spiro atoms. The zero-order chi connectivity index (χ0) is 20.6. The lowest BCUT2D eigenvalue weighted by molar-refractivity contribution is 0.107. The van der Waals surface area contributed by atoms with Crippen molar-refractivity contribution in [2.45, 2.75) is 58.2 Å². The third-order valence-corrected chi connectivity index (χ3v) is 5.04. The molecule has 0 saturated carbocycles. The Hall–Kier alpha value is -2.10. The second-order valence-corrected chi connectivity index (χ2v) is 8.58. The first-order chi connectivity index (χ1) is 13.3. The van der Waals surface area contributed by atoms with Crippen LogP contribution in [0.15, 0.2) is 67.9 Å². The smallest absolute Gasteiger partial charge is 0.0670 e. The molecule has 0 aliphatic carbocycles. The fourth-order valence-corrected chi connectivity index (χ4v) is 3.37. The van der Waals surface area contributed by atoms with E-state index in [1.54, 1.807) is 0 Å². The predicted molar refractivity (Wildman–Crippen MR) is 120 cm³/mol. The van der Waals surface area contributed by atoms with Crippen LogP contribution in [0.3, 0.4) is 0 Å². The third-order valence-electron chi connectivity index (χ3n) is 5.04. The van der Waals surface area contributed by atoms with E-state index in [1.165, 1.54) is 16.8 Å². The Morgan fingerprint density at radius 3 is 2.43 bits per heavy atom. The first-order valence-electron chi connectivity index (χ1n) is 10.2. The van der Waals surface area contributed by atoms with Crippen molar-refractivity contribution < 1.29 is 5.11 Å². The molecular weight excluding hydrogens is 344 g/mol. The van der Waals surface area contributed by atoms with E-state index < -0.39 is 0 Å². The fraction of sp³-hybridized carbons (Fsp3) is 0.440. The zero-order valence-electron chi connectivity index (χ0n) is 17.8. The van der Waals surface area contributed by atoms with Crippen LogP contribution >= 0.6 is 0 Å². The number of aliphatic hydroxyl groups is 1. The molecular formula is C25H36N2O.